The lowest BCUT2D eigenvalue weighted by atomic mass is 9.97. The molecular formula is C23H18F4N4O. The molecule has 1 aromatic carbocycles. The van der Waals surface area contributed by atoms with Crippen LogP contribution in [0.15, 0.2) is 29.2 Å². The van der Waals surface area contributed by atoms with Gasteiger partial charge in [0.2, 0.25) is 0 Å². The summed E-state index contributed by atoms with van der Waals surface area (Å²) < 4.78 is 56.5. The zero-order chi connectivity index (χ0) is 22.7. The Hall–Kier alpha value is -3.41. The van der Waals surface area contributed by atoms with Crippen molar-refractivity contribution in [3.05, 3.63) is 57.8 Å². The van der Waals surface area contributed by atoms with Crippen LogP contribution in [0.1, 0.15) is 37.4 Å². The predicted molar refractivity (Wildman–Crippen MR) is 111 cm³/mol. The molecular weight excluding hydrogens is 424 g/mol. The molecule has 0 spiro atoms. The van der Waals surface area contributed by atoms with E-state index in [9.17, 15) is 22.4 Å². The Bertz CT molecular complexity index is 1360. The van der Waals surface area contributed by atoms with Crippen LogP contribution in [-0.4, -0.2) is 27.4 Å². The van der Waals surface area contributed by atoms with E-state index in [-0.39, 0.29) is 16.7 Å². The zero-order valence-electron chi connectivity index (χ0n) is 17.1. The number of nitrogens with zero attached hydrogens (tertiary/aromatic N) is 3. The minimum atomic E-state index is -2.91. The number of halogens is 4. The zero-order valence-corrected chi connectivity index (χ0v) is 17.1. The first-order chi connectivity index (χ1) is 15.2. The Morgan fingerprint density at radius 2 is 2.00 bits per heavy atom. The second-order valence-corrected chi connectivity index (χ2v) is 8.28. The van der Waals surface area contributed by atoms with Gasteiger partial charge in [0.15, 0.2) is 17.5 Å². The molecule has 0 saturated heterocycles. The molecule has 1 fully saturated rings. The third-order valence-corrected chi connectivity index (χ3v) is 6.16. The van der Waals surface area contributed by atoms with E-state index < -0.39 is 28.7 Å². The average molecular weight is 442 g/mol. The molecule has 5 rings (SSSR count). The maximum absolute atomic E-state index is 14.7. The van der Waals surface area contributed by atoms with Gasteiger partial charge in [-0.1, -0.05) is 5.92 Å². The highest BCUT2D eigenvalue weighted by Gasteiger charge is 2.58. The molecule has 1 aliphatic carbocycles. The number of rotatable bonds is 2. The molecule has 2 aliphatic rings. The van der Waals surface area contributed by atoms with Crippen molar-refractivity contribution >= 4 is 22.4 Å². The molecule has 0 atom stereocenters. The van der Waals surface area contributed by atoms with Gasteiger partial charge in [-0.2, -0.15) is 4.98 Å². The Balaban J connectivity index is 1.65. The van der Waals surface area contributed by atoms with E-state index in [2.05, 4.69) is 26.8 Å². The van der Waals surface area contributed by atoms with Crippen molar-refractivity contribution in [2.24, 2.45) is 5.41 Å². The quantitative estimate of drug-likeness (QED) is 0.470. The van der Waals surface area contributed by atoms with Crippen molar-refractivity contribution in [3.63, 3.8) is 0 Å². The number of hydrogen-bond acceptors (Lipinski definition) is 4. The Labute approximate surface area is 180 Å². The number of aromatic nitrogens is 3. The molecule has 0 bridgehead atoms. The van der Waals surface area contributed by atoms with Crippen molar-refractivity contribution in [1.82, 2.24) is 15.0 Å². The molecule has 5 nitrogen and oxygen atoms in total. The van der Waals surface area contributed by atoms with Crippen LogP contribution in [0.5, 0.6) is 0 Å². The fraction of sp³-hybridized carbons (Fsp3) is 0.348. The molecule has 0 amide bonds. The van der Waals surface area contributed by atoms with Crippen LogP contribution in [0.3, 0.4) is 0 Å². The molecule has 2 aromatic heterocycles. The van der Waals surface area contributed by atoms with Crippen LogP contribution in [0, 0.1) is 28.9 Å². The Morgan fingerprint density at radius 3 is 2.72 bits per heavy atom. The normalized spacial score (nSPS) is 17.0. The summed E-state index contributed by atoms with van der Waals surface area (Å²) in [5.41, 5.74) is -0.234. The topological polar surface area (TPSA) is 61.9 Å². The molecule has 1 aliphatic heterocycles. The van der Waals surface area contributed by atoms with Gasteiger partial charge >= 0.3 is 5.69 Å². The van der Waals surface area contributed by atoms with Gasteiger partial charge in [-0.05, 0) is 49.8 Å². The number of nitrogens with one attached hydrogen (secondary N) is 1. The maximum atomic E-state index is 14.7. The fourth-order valence-electron chi connectivity index (χ4n) is 4.19. The number of aromatic amines is 1. The average Bonchev–Trinajstić information content (AvgIpc) is 3.55. The lowest BCUT2D eigenvalue weighted by molar-refractivity contribution is -0.0294. The number of alkyl halides is 2. The highest BCUT2D eigenvalue weighted by molar-refractivity contribution is 5.92. The van der Waals surface area contributed by atoms with Gasteiger partial charge in [0.1, 0.15) is 5.69 Å². The number of hydrogen-bond donors (Lipinski definition) is 1. The summed E-state index contributed by atoms with van der Waals surface area (Å²) >= 11 is 0. The largest absolute Gasteiger partial charge is 0.347 e. The summed E-state index contributed by atoms with van der Waals surface area (Å²) in [6, 6.07) is 3.90. The van der Waals surface area contributed by atoms with Gasteiger partial charge in [-0.25, -0.2) is 27.3 Å². The van der Waals surface area contributed by atoms with Crippen molar-refractivity contribution in [3.8, 4) is 11.8 Å². The number of H-pyrrole nitrogens is 1. The maximum Gasteiger partial charge on any atom is 0.347 e. The van der Waals surface area contributed by atoms with Gasteiger partial charge < -0.3 is 9.88 Å². The monoisotopic (exact) mass is 442 g/mol. The predicted octanol–water partition coefficient (Wildman–Crippen LogP) is 4.47. The SMILES string of the molecule is CC(F)(F)C1(C#Cc2nccc3c2CCCN3c2nc(=O)[nH]c3ccc(F)c(F)c23)CC1. The lowest BCUT2D eigenvalue weighted by Crippen LogP contribution is -2.29. The van der Waals surface area contributed by atoms with Crippen LogP contribution >= 0.6 is 0 Å². The van der Waals surface area contributed by atoms with Crippen LogP contribution < -0.4 is 10.6 Å². The van der Waals surface area contributed by atoms with Crippen molar-refractivity contribution in [1.29, 1.82) is 0 Å². The molecule has 0 unspecified atom stereocenters. The van der Waals surface area contributed by atoms with Gasteiger partial charge in [-0.15, -0.1) is 0 Å². The van der Waals surface area contributed by atoms with Gasteiger partial charge in [-0.3, -0.25) is 0 Å². The van der Waals surface area contributed by atoms with Gasteiger partial charge in [0.05, 0.1) is 16.3 Å². The first kappa shape index (κ1) is 20.5. The van der Waals surface area contributed by atoms with Gasteiger partial charge in [0, 0.05) is 30.9 Å². The molecule has 1 N–H and O–H groups in total. The van der Waals surface area contributed by atoms with E-state index in [4.69, 9.17) is 0 Å². The molecule has 3 aromatic rings. The van der Waals surface area contributed by atoms with E-state index in [1.807, 2.05) is 0 Å². The third-order valence-electron chi connectivity index (χ3n) is 6.16. The van der Waals surface area contributed by atoms with Crippen LogP contribution in [-0.2, 0) is 6.42 Å². The highest BCUT2D eigenvalue weighted by atomic mass is 19.3. The van der Waals surface area contributed by atoms with E-state index in [1.54, 1.807) is 11.0 Å². The van der Waals surface area contributed by atoms with Gasteiger partial charge in [0.25, 0.3) is 5.92 Å². The number of pyridine rings is 1. The van der Waals surface area contributed by atoms with Crippen LogP contribution in [0.25, 0.3) is 10.9 Å². The van der Waals surface area contributed by atoms with Crippen molar-refractivity contribution in [2.75, 3.05) is 11.4 Å². The standard InChI is InChI=1S/C23H18F4N4O/c1-22(26,27)23(9-10-23)8-6-15-13-3-2-12-31(17(13)7-11-28-15)20-18-16(29-21(32)30-20)5-4-14(24)19(18)25/h4-5,7,11H,2-3,9-10,12H2,1H3,(H,29,30,32). The number of fused-ring (bicyclic) bond motifs is 2. The Kier molecular flexibility index (Phi) is 4.52. The first-order valence-corrected chi connectivity index (χ1v) is 10.2. The molecule has 0 radical (unpaired) electrons. The molecule has 3 heterocycles. The summed E-state index contributed by atoms with van der Waals surface area (Å²) in [6.45, 7) is 1.28. The number of benzene rings is 1. The lowest BCUT2D eigenvalue weighted by Gasteiger charge is -2.31. The first-order valence-electron chi connectivity index (χ1n) is 10.2. The van der Waals surface area contributed by atoms with Crippen molar-refractivity contribution < 1.29 is 17.6 Å². The number of anilines is 2. The van der Waals surface area contributed by atoms with E-state index in [0.717, 1.165) is 13.0 Å². The van der Waals surface area contributed by atoms with Crippen LogP contribution in [0.2, 0.25) is 0 Å². The summed E-state index contributed by atoms with van der Waals surface area (Å²) in [4.78, 5) is 24.4. The van der Waals surface area contributed by atoms with E-state index in [1.165, 1.54) is 12.3 Å². The van der Waals surface area contributed by atoms with E-state index in [0.29, 0.717) is 49.2 Å². The second kappa shape index (κ2) is 7.05. The molecule has 32 heavy (non-hydrogen) atoms. The minimum absolute atomic E-state index is 0.00874. The van der Waals surface area contributed by atoms with E-state index >= 15 is 0 Å². The smallest absolute Gasteiger partial charge is 0.325 e. The Morgan fingerprint density at radius 1 is 1.22 bits per heavy atom. The molecule has 1 saturated carbocycles. The van der Waals surface area contributed by atoms with Crippen LogP contribution in [0.4, 0.5) is 29.1 Å². The van der Waals surface area contributed by atoms with Crippen molar-refractivity contribution in [2.45, 2.75) is 38.5 Å². The third kappa shape index (κ3) is 3.22. The summed E-state index contributed by atoms with van der Waals surface area (Å²) in [5.74, 6) is 0.481. The second-order valence-electron chi connectivity index (χ2n) is 8.28. The highest BCUT2D eigenvalue weighted by Crippen LogP contribution is 2.56. The summed E-state index contributed by atoms with van der Waals surface area (Å²) in [7, 11) is 0. The molecule has 164 valence electrons. The minimum Gasteiger partial charge on any atom is -0.325 e. The summed E-state index contributed by atoms with van der Waals surface area (Å²) in [6.07, 6.45) is 3.33. The summed E-state index contributed by atoms with van der Waals surface area (Å²) in [5, 5.41) is -0.135. The fourth-order valence-corrected chi connectivity index (χ4v) is 4.19. The molecule has 9 heteroatoms.